The van der Waals surface area contributed by atoms with E-state index in [1.165, 1.54) is 12.6 Å². The summed E-state index contributed by atoms with van der Waals surface area (Å²) in [4.78, 5) is 18.9. The number of carbonyl (C=O) groups is 1. The van der Waals surface area contributed by atoms with E-state index in [1.54, 1.807) is 12.1 Å². The van der Waals surface area contributed by atoms with Gasteiger partial charge in [-0.25, -0.2) is 4.39 Å². The average Bonchev–Trinajstić information content (AvgIpc) is 3.19. The molecule has 1 spiro atoms. The Labute approximate surface area is 140 Å². The molecule has 6 heteroatoms. The number of H-pyrrole nitrogens is 1. The van der Waals surface area contributed by atoms with E-state index in [4.69, 9.17) is 0 Å². The third-order valence-electron chi connectivity index (χ3n) is 5.28. The van der Waals surface area contributed by atoms with Crippen LogP contribution in [0, 0.1) is 5.82 Å². The van der Waals surface area contributed by atoms with Gasteiger partial charge >= 0.3 is 0 Å². The first-order chi connectivity index (χ1) is 11.6. The van der Waals surface area contributed by atoms with Crippen LogP contribution in [-0.4, -0.2) is 38.1 Å². The fraction of sp³-hybridized carbons (Fsp3) is 0.500. The lowest BCUT2D eigenvalue weighted by Gasteiger charge is -2.35. The van der Waals surface area contributed by atoms with Crippen molar-refractivity contribution in [2.75, 3.05) is 6.54 Å². The molecular weight excluding hydrogens is 307 g/mol. The fourth-order valence-electron chi connectivity index (χ4n) is 3.66. The number of hydrogen-bond donors (Lipinski definition) is 1. The molecule has 1 saturated carbocycles. The number of amides is 1. The SMILES string of the molecule is CCc1cc(-c2cc(C(=O)N3CCCCC34CC4)[nH]n2)c(F)cn1. The Morgan fingerprint density at radius 2 is 2.17 bits per heavy atom. The van der Waals surface area contributed by atoms with Gasteiger partial charge in [0.25, 0.3) is 5.91 Å². The Kier molecular flexibility index (Phi) is 3.62. The summed E-state index contributed by atoms with van der Waals surface area (Å²) < 4.78 is 14.1. The normalized spacial score (nSPS) is 18.8. The number of hydrogen-bond acceptors (Lipinski definition) is 3. The zero-order chi connectivity index (χ0) is 16.7. The lowest BCUT2D eigenvalue weighted by molar-refractivity contribution is 0.0567. The van der Waals surface area contributed by atoms with Crippen LogP contribution in [0.1, 0.15) is 55.2 Å². The maximum absolute atomic E-state index is 14.1. The van der Waals surface area contributed by atoms with Gasteiger partial charge in [0.05, 0.1) is 11.9 Å². The van der Waals surface area contributed by atoms with Crippen LogP contribution >= 0.6 is 0 Å². The predicted molar refractivity (Wildman–Crippen MR) is 88.0 cm³/mol. The third-order valence-corrected chi connectivity index (χ3v) is 5.28. The first kappa shape index (κ1) is 15.3. The molecule has 1 saturated heterocycles. The summed E-state index contributed by atoms with van der Waals surface area (Å²) in [6, 6.07) is 3.36. The van der Waals surface area contributed by atoms with Gasteiger partial charge < -0.3 is 4.90 Å². The van der Waals surface area contributed by atoms with Crippen molar-refractivity contribution in [2.45, 2.75) is 51.0 Å². The first-order valence-corrected chi connectivity index (χ1v) is 8.65. The minimum absolute atomic E-state index is 0.0175. The van der Waals surface area contributed by atoms with E-state index in [1.807, 2.05) is 11.8 Å². The van der Waals surface area contributed by atoms with Gasteiger partial charge in [0.15, 0.2) is 5.82 Å². The van der Waals surface area contributed by atoms with Gasteiger partial charge in [0.2, 0.25) is 0 Å². The van der Waals surface area contributed by atoms with Crippen LogP contribution in [0.3, 0.4) is 0 Å². The number of nitrogens with zero attached hydrogens (tertiary/aromatic N) is 3. The molecule has 1 aliphatic carbocycles. The van der Waals surface area contributed by atoms with Gasteiger partial charge in [0.1, 0.15) is 5.69 Å². The second-order valence-corrected chi connectivity index (χ2v) is 6.81. The number of aromatic amines is 1. The van der Waals surface area contributed by atoms with Crippen LogP contribution < -0.4 is 0 Å². The van der Waals surface area contributed by atoms with Crippen LogP contribution in [0.4, 0.5) is 4.39 Å². The number of piperidine rings is 1. The Morgan fingerprint density at radius 3 is 2.92 bits per heavy atom. The summed E-state index contributed by atoms with van der Waals surface area (Å²) in [5.41, 5.74) is 2.16. The number of carbonyl (C=O) groups excluding carboxylic acids is 1. The van der Waals surface area contributed by atoms with Crippen LogP contribution in [0.25, 0.3) is 11.3 Å². The second-order valence-electron chi connectivity index (χ2n) is 6.81. The monoisotopic (exact) mass is 328 g/mol. The minimum atomic E-state index is -0.422. The molecule has 2 aliphatic rings. The summed E-state index contributed by atoms with van der Waals surface area (Å²) in [6.45, 7) is 2.77. The van der Waals surface area contributed by atoms with Crippen molar-refractivity contribution < 1.29 is 9.18 Å². The largest absolute Gasteiger partial charge is 0.332 e. The van der Waals surface area contributed by atoms with E-state index in [0.717, 1.165) is 44.3 Å². The second kappa shape index (κ2) is 5.69. The molecule has 2 aromatic heterocycles. The van der Waals surface area contributed by atoms with Gasteiger partial charge in [-0.1, -0.05) is 6.92 Å². The van der Waals surface area contributed by atoms with Crippen molar-refractivity contribution in [3.8, 4) is 11.3 Å². The van der Waals surface area contributed by atoms with E-state index < -0.39 is 5.82 Å². The van der Waals surface area contributed by atoms with Crippen LogP contribution in [-0.2, 0) is 6.42 Å². The molecule has 0 radical (unpaired) electrons. The number of likely N-dealkylation sites (tertiary alicyclic amines) is 1. The van der Waals surface area contributed by atoms with Crippen LogP contribution in [0.15, 0.2) is 18.3 Å². The van der Waals surface area contributed by atoms with Crippen molar-refractivity contribution in [1.29, 1.82) is 0 Å². The molecule has 0 unspecified atom stereocenters. The zero-order valence-electron chi connectivity index (χ0n) is 13.8. The van der Waals surface area contributed by atoms with Gasteiger partial charge in [-0.3, -0.25) is 14.9 Å². The zero-order valence-corrected chi connectivity index (χ0v) is 13.8. The molecular formula is C18H21FN4O. The highest BCUT2D eigenvalue weighted by atomic mass is 19.1. The third kappa shape index (κ3) is 2.50. The average molecular weight is 328 g/mol. The molecule has 0 atom stereocenters. The van der Waals surface area contributed by atoms with Crippen molar-refractivity contribution in [1.82, 2.24) is 20.1 Å². The Hall–Kier alpha value is -2.24. The van der Waals surface area contributed by atoms with Crippen molar-refractivity contribution in [3.63, 3.8) is 0 Å². The smallest absolute Gasteiger partial charge is 0.272 e. The Morgan fingerprint density at radius 1 is 1.33 bits per heavy atom. The fourth-order valence-corrected chi connectivity index (χ4v) is 3.66. The van der Waals surface area contributed by atoms with Gasteiger partial charge in [0, 0.05) is 23.3 Å². The standard InChI is InChI=1S/C18H21FN4O/c1-2-12-9-13(14(19)11-20-12)15-10-16(22-21-15)17(24)23-8-4-3-5-18(23)6-7-18/h9-11H,2-8H2,1H3,(H,21,22). The van der Waals surface area contributed by atoms with Crippen molar-refractivity contribution in [2.24, 2.45) is 0 Å². The van der Waals surface area contributed by atoms with Gasteiger partial charge in [-0.05, 0) is 50.7 Å². The van der Waals surface area contributed by atoms with Gasteiger partial charge in [-0.15, -0.1) is 0 Å². The molecule has 126 valence electrons. The molecule has 2 aromatic rings. The quantitative estimate of drug-likeness (QED) is 0.940. The van der Waals surface area contributed by atoms with E-state index in [2.05, 4.69) is 15.2 Å². The topological polar surface area (TPSA) is 61.9 Å². The van der Waals surface area contributed by atoms with Crippen molar-refractivity contribution in [3.05, 3.63) is 35.5 Å². The number of rotatable bonds is 3. The highest BCUT2D eigenvalue weighted by Crippen LogP contribution is 2.48. The minimum Gasteiger partial charge on any atom is -0.332 e. The molecule has 24 heavy (non-hydrogen) atoms. The molecule has 2 fully saturated rings. The summed E-state index contributed by atoms with van der Waals surface area (Å²) in [6.07, 6.45) is 7.47. The maximum atomic E-state index is 14.1. The predicted octanol–water partition coefficient (Wildman–Crippen LogP) is 3.33. The number of pyridine rings is 1. The molecule has 1 aliphatic heterocycles. The van der Waals surface area contributed by atoms with E-state index in [0.29, 0.717) is 17.0 Å². The van der Waals surface area contributed by atoms with Crippen molar-refractivity contribution >= 4 is 5.91 Å². The summed E-state index contributed by atoms with van der Waals surface area (Å²) in [7, 11) is 0. The van der Waals surface area contributed by atoms with Crippen LogP contribution in [0.2, 0.25) is 0 Å². The highest BCUT2D eigenvalue weighted by Gasteiger charge is 2.51. The lowest BCUT2D eigenvalue weighted by atomic mass is 9.99. The number of halogens is 1. The molecule has 3 heterocycles. The molecule has 5 nitrogen and oxygen atoms in total. The molecule has 1 N–H and O–H groups in total. The van der Waals surface area contributed by atoms with Gasteiger partial charge in [-0.2, -0.15) is 5.10 Å². The van der Waals surface area contributed by atoms with E-state index in [-0.39, 0.29) is 11.4 Å². The maximum Gasteiger partial charge on any atom is 0.272 e. The molecule has 4 rings (SSSR count). The summed E-state index contributed by atoms with van der Waals surface area (Å²) >= 11 is 0. The van der Waals surface area contributed by atoms with Crippen LogP contribution in [0.5, 0.6) is 0 Å². The highest BCUT2D eigenvalue weighted by molar-refractivity contribution is 5.94. The number of nitrogens with one attached hydrogen (secondary N) is 1. The summed E-state index contributed by atoms with van der Waals surface area (Å²) in [5.74, 6) is -0.439. The Bertz CT molecular complexity index is 781. The molecule has 0 bridgehead atoms. The molecule has 0 aromatic carbocycles. The number of aryl methyl sites for hydroxylation is 1. The van der Waals surface area contributed by atoms with E-state index >= 15 is 0 Å². The molecule has 1 amide bonds. The first-order valence-electron chi connectivity index (χ1n) is 8.65. The Balaban J connectivity index is 1.62. The lowest BCUT2D eigenvalue weighted by Crippen LogP contribution is -2.45. The summed E-state index contributed by atoms with van der Waals surface area (Å²) in [5, 5.41) is 6.97. The number of aromatic nitrogens is 3. The van der Waals surface area contributed by atoms with E-state index in [9.17, 15) is 9.18 Å².